The predicted molar refractivity (Wildman–Crippen MR) is 67.6 cm³/mol. The molecule has 1 aromatic rings. The number of rotatable bonds is 5. The van der Waals surface area contributed by atoms with Crippen molar-refractivity contribution in [3.8, 4) is 0 Å². The molecule has 0 aliphatic heterocycles. The van der Waals surface area contributed by atoms with Gasteiger partial charge in [-0.3, -0.25) is 0 Å². The van der Waals surface area contributed by atoms with Crippen LogP contribution in [-0.2, 0) is 14.8 Å². The van der Waals surface area contributed by atoms with Crippen LogP contribution in [0.2, 0.25) is 0 Å². The van der Waals surface area contributed by atoms with E-state index in [0.717, 1.165) is 18.4 Å². The lowest BCUT2D eigenvalue weighted by atomic mass is 10.3. The number of alkyl halides is 3. The van der Waals surface area contributed by atoms with Gasteiger partial charge < -0.3 is 9.84 Å². The Balaban J connectivity index is 3.04. The first-order valence-electron chi connectivity index (χ1n) is 5.41. The summed E-state index contributed by atoms with van der Waals surface area (Å²) < 4.78 is 66.5. The minimum absolute atomic E-state index is 0.189. The standard InChI is InChI=1S/C10H12F3NO5S2/c1-5-4-20-7(9(16)19-2)8(5)21(17,18)14-3-6(15)10(11,12)13/h4,6,14-15H,3H2,1-2H3. The van der Waals surface area contributed by atoms with Gasteiger partial charge in [0.25, 0.3) is 0 Å². The largest absolute Gasteiger partial charge is 0.465 e. The number of aliphatic hydroxyl groups is 1. The quantitative estimate of drug-likeness (QED) is 0.777. The average molecular weight is 347 g/mol. The van der Waals surface area contributed by atoms with Gasteiger partial charge in [0.1, 0.15) is 9.77 Å². The van der Waals surface area contributed by atoms with Crippen LogP contribution in [0.1, 0.15) is 15.2 Å². The Labute approximate surface area is 122 Å². The molecule has 0 aromatic carbocycles. The number of methoxy groups -OCH3 is 1. The van der Waals surface area contributed by atoms with Gasteiger partial charge in [0.15, 0.2) is 6.10 Å². The molecule has 21 heavy (non-hydrogen) atoms. The highest BCUT2D eigenvalue weighted by Gasteiger charge is 2.39. The molecule has 11 heteroatoms. The van der Waals surface area contributed by atoms with Crippen LogP contribution in [0.25, 0.3) is 0 Å². The summed E-state index contributed by atoms with van der Waals surface area (Å²) in [5.74, 6) is -0.912. The fraction of sp³-hybridized carbons (Fsp3) is 0.500. The summed E-state index contributed by atoms with van der Waals surface area (Å²) in [4.78, 5) is 10.8. The molecule has 1 unspecified atom stereocenters. The summed E-state index contributed by atoms with van der Waals surface area (Å²) in [6, 6.07) is 0. The first kappa shape index (κ1) is 17.9. The van der Waals surface area contributed by atoms with Crippen LogP contribution in [0.15, 0.2) is 10.3 Å². The van der Waals surface area contributed by atoms with Crippen molar-refractivity contribution in [3.05, 3.63) is 15.8 Å². The number of aliphatic hydroxyl groups excluding tert-OH is 1. The molecule has 0 fully saturated rings. The molecule has 0 spiro atoms. The summed E-state index contributed by atoms with van der Waals surface area (Å²) in [6.45, 7) is 0.138. The molecule has 1 atom stereocenters. The van der Waals surface area contributed by atoms with E-state index in [9.17, 15) is 26.4 Å². The van der Waals surface area contributed by atoms with E-state index in [4.69, 9.17) is 5.11 Å². The van der Waals surface area contributed by atoms with Gasteiger partial charge in [0.05, 0.1) is 7.11 Å². The summed E-state index contributed by atoms with van der Waals surface area (Å²) in [7, 11) is -3.34. The topological polar surface area (TPSA) is 92.7 Å². The van der Waals surface area contributed by atoms with Gasteiger partial charge in [-0.05, 0) is 17.9 Å². The molecule has 120 valence electrons. The van der Waals surface area contributed by atoms with Gasteiger partial charge in [-0.1, -0.05) is 0 Å². The third-order valence-corrected chi connectivity index (χ3v) is 5.22. The van der Waals surface area contributed by atoms with Crippen LogP contribution < -0.4 is 4.72 Å². The monoisotopic (exact) mass is 347 g/mol. The number of nitrogens with one attached hydrogen (secondary N) is 1. The van der Waals surface area contributed by atoms with Gasteiger partial charge >= 0.3 is 12.1 Å². The molecule has 0 aliphatic carbocycles. The highest BCUT2D eigenvalue weighted by molar-refractivity contribution is 7.89. The van der Waals surface area contributed by atoms with Crippen molar-refractivity contribution in [1.29, 1.82) is 0 Å². The normalized spacial score (nSPS) is 14.0. The van der Waals surface area contributed by atoms with Crippen molar-refractivity contribution in [1.82, 2.24) is 4.72 Å². The van der Waals surface area contributed by atoms with Crippen LogP contribution in [0, 0.1) is 6.92 Å². The van der Waals surface area contributed by atoms with Crippen molar-refractivity contribution in [2.75, 3.05) is 13.7 Å². The van der Waals surface area contributed by atoms with Crippen molar-refractivity contribution in [2.45, 2.75) is 24.1 Å². The molecule has 0 bridgehead atoms. The second-order valence-corrected chi connectivity index (χ2v) is 6.56. The number of aryl methyl sites for hydroxylation is 1. The van der Waals surface area contributed by atoms with Crippen LogP contribution in [0.5, 0.6) is 0 Å². The fourth-order valence-corrected chi connectivity index (χ4v) is 4.12. The van der Waals surface area contributed by atoms with Gasteiger partial charge in [-0.25, -0.2) is 17.9 Å². The van der Waals surface area contributed by atoms with Crippen LogP contribution in [0.3, 0.4) is 0 Å². The maximum Gasteiger partial charge on any atom is 0.415 e. The molecule has 2 N–H and O–H groups in total. The van der Waals surface area contributed by atoms with E-state index in [0.29, 0.717) is 0 Å². The highest BCUT2D eigenvalue weighted by Crippen LogP contribution is 2.28. The molecule has 0 aliphatic rings. The Morgan fingerprint density at radius 2 is 2.10 bits per heavy atom. The number of ether oxygens (including phenoxy) is 1. The van der Waals surface area contributed by atoms with E-state index in [1.165, 1.54) is 12.3 Å². The van der Waals surface area contributed by atoms with Gasteiger partial charge in [0, 0.05) is 6.54 Å². The Morgan fingerprint density at radius 3 is 2.57 bits per heavy atom. The second-order valence-electron chi connectivity index (χ2n) is 3.98. The van der Waals surface area contributed by atoms with E-state index in [2.05, 4.69) is 4.74 Å². The Kier molecular flexibility index (Phi) is 5.36. The van der Waals surface area contributed by atoms with E-state index in [-0.39, 0.29) is 10.4 Å². The lowest BCUT2D eigenvalue weighted by Gasteiger charge is -2.15. The van der Waals surface area contributed by atoms with Gasteiger partial charge in [-0.15, -0.1) is 11.3 Å². The molecule has 1 heterocycles. The molecule has 0 amide bonds. The minimum atomic E-state index is -4.95. The number of carbonyl (C=O) groups is 1. The summed E-state index contributed by atoms with van der Waals surface area (Å²) >= 11 is 0.797. The summed E-state index contributed by atoms with van der Waals surface area (Å²) in [5, 5.41) is 10.2. The zero-order valence-electron chi connectivity index (χ0n) is 10.9. The molecule has 1 rings (SSSR count). The molecule has 0 saturated carbocycles. The molecule has 6 nitrogen and oxygen atoms in total. The van der Waals surface area contributed by atoms with Crippen LogP contribution in [0.4, 0.5) is 13.2 Å². The molecule has 1 aromatic heterocycles. The maximum atomic E-state index is 12.2. The Hall–Kier alpha value is -1.17. The number of sulfonamides is 1. The van der Waals surface area contributed by atoms with Crippen LogP contribution in [-0.4, -0.2) is 45.4 Å². The summed E-state index contributed by atoms with van der Waals surface area (Å²) in [6.07, 6.45) is -7.79. The Bertz CT molecular complexity index is 623. The Morgan fingerprint density at radius 1 is 1.52 bits per heavy atom. The van der Waals surface area contributed by atoms with Gasteiger partial charge in [0.2, 0.25) is 10.0 Å². The van der Waals surface area contributed by atoms with Crippen LogP contribution >= 0.6 is 11.3 Å². The zero-order valence-corrected chi connectivity index (χ0v) is 12.5. The smallest absolute Gasteiger partial charge is 0.415 e. The van der Waals surface area contributed by atoms with Gasteiger partial charge in [-0.2, -0.15) is 13.2 Å². The van der Waals surface area contributed by atoms with E-state index in [1.807, 2.05) is 0 Å². The predicted octanol–water partition coefficient (Wildman–Crippen LogP) is 1.04. The number of esters is 1. The SMILES string of the molecule is COC(=O)c1scc(C)c1S(=O)(=O)NCC(O)C(F)(F)F. The number of hydrogen-bond acceptors (Lipinski definition) is 6. The average Bonchev–Trinajstić information content (AvgIpc) is 2.76. The first-order chi connectivity index (χ1) is 9.50. The molecule has 0 radical (unpaired) electrons. The summed E-state index contributed by atoms with van der Waals surface area (Å²) in [5.41, 5.74) is 0.189. The third-order valence-electron chi connectivity index (χ3n) is 2.40. The van der Waals surface area contributed by atoms with Crippen molar-refractivity contribution >= 4 is 27.3 Å². The van der Waals surface area contributed by atoms with Crippen molar-refractivity contribution in [3.63, 3.8) is 0 Å². The highest BCUT2D eigenvalue weighted by atomic mass is 32.2. The van der Waals surface area contributed by atoms with E-state index >= 15 is 0 Å². The van der Waals surface area contributed by atoms with E-state index in [1.54, 1.807) is 4.72 Å². The lowest BCUT2D eigenvalue weighted by Crippen LogP contribution is -2.40. The zero-order chi connectivity index (χ0) is 16.4. The number of carbonyl (C=O) groups excluding carboxylic acids is 1. The minimum Gasteiger partial charge on any atom is -0.465 e. The van der Waals surface area contributed by atoms with Crippen molar-refractivity contribution in [2.24, 2.45) is 0 Å². The maximum absolute atomic E-state index is 12.2. The second kappa shape index (κ2) is 6.30. The van der Waals surface area contributed by atoms with E-state index < -0.39 is 39.7 Å². The number of thiophene rings is 1. The number of halogens is 3. The fourth-order valence-electron chi connectivity index (χ4n) is 1.38. The van der Waals surface area contributed by atoms with Crippen molar-refractivity contribution < 1.29 is 36.2 Å². The third kappa shape index (κ3) is 4.15. The molecular formula is C10H12F3NO5S2. The number of hydrogen-bond donors (Lipinski definition) is 2. The lowest BCUT2D eigenvalue weighted by molar-refractivity contribution is -0.200. The first-order valence-corrected chi connectivity index (χ1v) is 7.78. The molecular weight excluding hydrogens is 335 g/mol. The molecule has 0 saturated heterocycles.